The largest absolute Gasteiger partial charge is 0.492 e. The second kappa shape index (κ2) is 7.99. The number of nitrogens with one attached hydrogen (secondary N) is 1. The summed E-state index contributed by atoms with van der Waals surface area (Å²) >= 11 is 0. The van der Waals surface area contributed by atoms with Gasteiger partial charge in [0.25, 0.3) is 0 Å². The predicted molar refractivity (Wildman–Crippen MR) is 82.0 cm³/mol. The maximum atomic E-state index is 11.6. The van der Waals surface area contributed by atoms with E-state index in [9.17, 15) is 13.2 Å². The zero-order chi connectivity index (χ0) is 15.9. The molecule has 0 fully saturated rings. The number of ether oxygens (including phenoxy) is 1. The monoisotopic (exact) mass is 314 g/mol. The third kappa shape index (κ3) is 7.67. The van der Waals surface area contributed by atoms with Gasteiger partial charge in [-0.05, 0) is 31.0 Å². The van der Waals surface area contributed by atoms with E-state index in [1.807, 2.05) is 31.2 Å². The molecule has 1 atom stereocenters. The first-order valence-electron chi connectivity index (χ1n) is 6.68. The molecule has 0 aromatic heterocycles. The van der Waals surface area contributed by atoms with Crippen LogP contribution in [-0.2, 0) is 14.6 Å². The average molecular weight is 314 g/mol. The van der Waals surface area contributed by atoms with Gasteiger partial charge in [-0.3, -0.25) is 4.79 Å². The fourth-order valence-electron chi connectivity index (χ4n) is 1.65. The smallest absolute Gasteiger partial charge is 0.237 e. The van der Waals surface area contributed by atoms with Crippen molar-refractivity contribution < 1.29 is 17.9 Å². The molecule has 21 heavy (non-hydrogen) atoms. The van der Waals surface area contributed by atoms with E-state index >= 15 is 0 Å². The summed E-state index contributed by atoms with van der Waals surface area (Å²) in [7, 11) is -3.10. The number of aryl methyl sites for hydroxylation is 1. The maximum Gasteiger partial charge on any atom is 0.237 e. The summed E-state index contributed by atoms with van der Waals surface area (Å²) in [6.45, 7) is 2.61. The molecule has 0 radical (unpaired) electrons. The highest BCUT2D eigenvalue weighted by molar-refractivity contribution is 7.90. The molecule has 6 nitrogen and oxygen atoms in total. The summed E-state index contributed by atoms with van der Waals surface area (Å²) in [4.78, 5) is 11.6. The Morgan fingerprint density at radius 1 is 1.43 bits per heavy atom. The number of sulfone groups is 1. The zero-order valence-corrected chi connectivity index (χ0v) is 13.2. The van der Waals surface area contributed by atoms with Crippen LogP contribution in [0.25, 0.3) is 0 Å². The van der Waals surface area contributed by atoms with Crippen molar-refractivity contribution in [3.8, 4) is 5.75 Å². The lowest BCUT2D eigenvalue weighted by molar-refractivity contribution is -0.122. The second-order valence-corrected chi connectivity index (χ2v) is 7.24. The Balaban J connectivity index is 2.24. The van der Waals surface area contributed by atoms with E-state index in [0.29, 0.717) is 13.2 Å². The van der Waals surface area contributed by atoms with Gasteiger partial charge in [0.1, 0.15) is 22.2 Å². The van der Waals surface area contributed by atoms with E-state index in [-0.39, 0.29) is 18.1 Å². The molecule has 7 heteroatoms. The van der Waals surface area contributed by atoms with Crippen molar-refractivity contribution >= 4 is 15.7 Å². The van der Waals surface area contributed by atoms with Gasteiger partial charge in [0.15, 0.2) is 0 Å². The van der Waals surface area contributed by atoms with E-state index in [1.54, 1.807) is 0 Å². The predicted octanol–water partition coefficient (Wildman–Crippen LogP) is 0.252. The Hall–Kier alpha value is -1.60. The van der Waals surface area contributed by atoms with Gasteiger partial charge in [0.05, 0.1) is 18.3 Å². The molecule has 0 saturated heterocycles. The highest BCUT2D eigenvalue weighted by atomic mass is 32.2. The van der Waals surface area contributed by atoms with E-state index in [2.05, 4.69) is 5.32 Å². The lowest BCUT2D eigenvalue weighted by atomic mass is 10.2. The maximum absolute atomic E-state index is 11.6. The van der Waals surface area contributed by atoms with Crippen LogP contribution in [0.15, 0.2) is 24.3 Å². The quantitative estimate of drug-likeness (QED) is 0.670. The number of amides is 1. The van der Waals surface area contributed by atoms with Crippen LogP contribution in [0.2, 0.25) is 0 Å². The molecule has 1 unspecified atom stereocenters. The van der Waals surface area contributed by atoms with Crippen molar-refractivity contribution in [2.45, 2.75) is 19.4 Å². The van der Waals surface area contributed by atoms with Crippen molar-refractivity contribution in [3.63, 3.8) is 0 Å². The molecule has 1 rings (SSSR count). The van der Waals surface area contributed by atoms with Gasteiger partial charge < -0.3 is 15.8 Å². The van der Waals surface area contributed by atoms with Crippen LogP contribution in [0, 0.1) is 6.92 Å². The summed E-state index contributed by atoms with van der Waals surface area (Å²) in [5.41, 5.74) is 6.72. The fraction of sp³-hybridized carbons (Fsp3) is 0.500. The molecule has 0 saturated carbocycles. The van der Waals surface area contributed by atoms with E-state index in [1.165, 1.54) is 0 Å². The summed E-state index contributed by atoms with van der Waals surface area (Å²) < 4.78 is 27.5. The molecule has 1 aromatic rings. The van der Waals surface area contributed by atoms with Crippen LogP contribution >= 0.6 is 0 Å². The van der Waals surface area contributed by atoms with Crippen molar-refractivity contribution in [1.82, 2.24) is 5.32 Å². The summed E-state index contributed by atoms with van der Waals surface area (Å²) in [6, 6.07) is 6.78. The normalized spacial score (nSPS) is 12.7. The Kier molecular flexibility index (Phi) is 6.64. The molecular weight excluding hydrogens is 292 g/mol. The number of carbonyl (C=O) groups is 1. The summed E-state index contributed by atoms with van der Waals surface area (Å²) in [6.07, 6.45) is 1.23. The van der Waals surface area contributed by atoms with E-state index < -0.39 is 15.9 Å². The SMILES string of the molecule is Cc1cccc(OCCNC(=O)C(N)CCS(C)(=O)=O)c1. The lowest BCUT2D eigenvalue weighted by Gasteiger charge is -2.12. The van der Waals surface area contributed by atoms with E-state index in [0.717, 1.165) is 17.6 Å². The summed E-state index contributed by atoms with van der Waals surface area (Å²) in [5.74, 6) is 0.276. The molecule has 0 aliphatic heterocycles. The topological polar surface area (TPSA) is 98.5 Å². The molecule has 1 amide bonds. The average Bonchev–Trinajstić information content (AvgIpc) is 2.40. The molecule has 0 spiro atoms. The number of nitrogens with two attached hydrogens (primary N) is 1. The van der Waals surface area contributed by atoms with Crippen LogP contribution < -0.4 is 15.8 Å². The van der Waals surface area contributed by atoms with Crippen molar-refractivity contribution in [1.29, 1.82) is 0 Å². The number of hydrogen-bond donors (Lipinski definition) is 2. The van der Waals surface area contributed by atoms with Crippen LogP contribution in [0.5, 0.6) is 5.75 Å². The third-order valence-corrected chi connectivity index (χ3v) is 3.77. The molecule has 0 aliphatic rings. The lowest BCUT2D eigenvalue weighted by Crippen LogP contribution is -2.42. The molecule has 118 valence electrons. The first-order valence-corrected chi connectivity index (χ1v) is 8.74. The van der Waals surface area contributed by atoms with Crippen LogP contribution in [0.1, 0.15) is 12.0 Å². The van der Waals surface area contributed by atoms with Crippen molar-refractivity contribution in [2.24, 2.45) is 5.73 Å². The minimum Gasteiger partial charge on any atom is -0.492 e. The number of rotatable bonds is 8. The van der Waals surface area contributed by atoms with Crippen molar-refractivity contribution in [3.05, 3.63) is 29.8 Å². The number of benzene rings is 1. The van der Waals surface area contributed by atoms with Gasteiger partial charge in [-0.15, -0.1) is 0 Å². The number of carbonyl (C=O) groups excluding carboxylic acids is 1. The van der Waals surface area contributed by atoms with Crippen LogP contribution in [-0.4, -0.2) is 45.5 Å². The van der Waals surface area contributed by atoms with Crippen LogP contribution in [0.4, 0.5) is 0 Å². The standard InChI is InChI=1S/C14H22N2O4S/c1-11-4-3-5-12(10-11)20-8-7-16-14(17)13(15)6-9-21(2,18)19/h3-5,10,13H,6-9,15H2,1-2H3,(H,16,17). The fourth-order valence-corrected chi connectivity index (χ4v) is 2.33. The highest BCUT2D eigenvalue weighted by Crippen LogP contribution is 2.11. The van der Waals surface area contributed by atoms with E-state index in [4.69, 9.17) is 10.5 Å². The van der Waals surface area contributed by atoms with Gasteiger partial charge in [0, 0.05) is 6.26 Å². The summed E-state index contributed by atoms with van der Waals surface area (Å²) in [5, 5.41) is 2.62. The first kappa shape index (κ1) is 17.5. The molecular formula is C14H22N2O4S. The van der Waals surface area contributed by atoms with Gasteiger partial charge in [-0.25, -0.2) is 8.42 Å². The second-order valence-electron chi connectivity index (χ2n) is 4.98. The first-order chi connectivity index (χ1) is 9.78. The van der Waals surface area contributed by atoms with Gasteiger partial charge in [-0.2, -0.15) is 0 Å². The minimum atomic E-state index is -3.10. The highest BCUT2D eigenvalue weighted by Gasteiger charge is 2.15. The van der Waals surface area contributed by atoms with Gasteiger partial charge in [-0.1, -0.05) is 12.1 Å². The van der Waals surface area contributed by atoms with Gasteiger partial charge in [0.2, 0.25) is 5.91 Å². The number of hydrogen-bond acceptors (Lipinski definition) is 5. The molecule has 0 aliphatic carbocycles. The van der Waals surface area contributed by atoms with Crippen LogP contribution in [0.3, 0.4) is 0 Å². The molecule has 0 heterocycles. The molecule has 1 aromatic carbocycles. The van der Waals surface area contributed by atoms with Crippen molar-refractivity contribution in [2.75, 3.05) is 25.2 Å². The zero-order valence-electron chi connectivity index (χ0n) is 12.3. The Morgan fingerprint density at radius 2 is 2.14 bits per heavy atom. The Morgan fingerprint density at radius 3 is 2.76 bits per heavy atom. The molecule has 3 N–H and O–H groups in total. The Bertz CT molecular complexity index is 572. The molecule has 0 bridgehead atoms. The Labute approximate surface area is 125 Å². The van der Waals surface area contributed by atoms with Gasteiger partial charge >= 0.3 is 0 Å². The third-order valence-electron chi connectivity index (χ3n) is 2.80. The minimum absolute atomic E-state index is 0.0959.